The lowest BCUT2D eigenvalue weighted by molar-refractivity contribution is -0.119. The molecule has 5 rings (SSSR count). The number of fused-ring (bicyclic) bond motifs is 1. The summed E-state index contributed by atoms with van der Waals surface area (Å²) in [5.74, 6) is 1.91. The van der Waals surface area contributed by atoms with Crippen molar-refractivity contribution in [3.8, 4) is 17.2 Å². The molecule has 0 unspecified atom stereocenters. The predicted molar refractivity (Wildman–Crippen MR) is 172 cm³/mol. The van der Waals surface area contributed by atoms with Gasteiger partial charge in [0.25, 0.3) is 5.91 Å². The maximum atomic E-state index is 13.3. The van der Waals surface area contributed by atoms with E-state index in [9.17, 15) is 9.59 Å². The summed E-state index contributed by atoms with van der Waals surface area (Å²) in [6, 6.07) is 19.7. The largest absolute Gasteiger partial charge is 0.497 e. The van der Waals surface area contributed by atoms with Crippen LogP contribution < -0.4 is 25.4 Å². The van der Waals surface area contributed by atoms with Crippen molar-refractivity contribution in [3.63, 3.8) is 0 Å². The van der Waals surface area contributed by atoms with Crippen LogP contribution in [0.25, 0.3) is 16.6 Å². The second-order valence-corrected chi connectivity index (χ2v) is 10.1. The molecule has 12 heteroatoms. The Labute approximate surface area is 260 Å². The van der Waals surface area contributed by atoms with Crippen molar-refractivity contribution in [2.75, 3.05) is 36.8 Å². The number of pyridine rings is 2. The van der Waals surface area contributed by atoms with Crippen LogP contribution in [0.2, 0.25) is 0 Å². The molecule has 0 aliphatic carbocycles. The zero-order valence-corrected chi connectivity index (χ0v) is 25.4. The van der Waals surface area contributed by atoms with Gasteiger partial charge in [0.15, 0.2) is 0 Å². The molecular weight excluding hydrogens is 574 g/mol. The first-order valence-corrected chi connectivity index (χ1v) is 14.5. The number of aryl methyl sites for hydroxylation is 1. The number of hydrogen-bond donors (Lipinski definition) is 3. The second-order valence-electron chi connectivity index (χ2n) is 10.1. The number of nitrogens with zero attached hydrogens (tertiary/aromatic N) is 4. The van der Waals surface area contributed by atoms with E-state index in [1.54, 1.807) is 54.5 Å². The van der Waals surface area contributed by atoms with Gasteiger partial charge in [-0.2, -0.15) is 5.10 Å². The lowest BCUT2D eigenvalue weighted by atomic mass is 10.1. The molecule has 0 fully saturated rings. The van der Waals surface area contributed by atoms with Gasteiger partial charge in [0.05, 0.1) is 24.2 Å². The fraction of sp³-hybridized carbons (Fsp3) is 0.242. The highest BCUT2D eigenvalue weighted by Crippen LogP contribution is 2.31. The summed E-state index contributed by atoms with van der Waals surface area (Å²) in [6.07, 6.45) is 6.09. The lowest BCUT2D eigenvalue weighted by Gasteiger charge is -2.14. The molecule has 3 N–H and O–H groups in total. The molecule has 3 heterocycles. The number of rotatable bonds is 13. The number of nitrogens with one attached hydrogen (secondary N) is 3. The molecule has 0 saturated carbocycles. The molecule has 0 radical (unpaired) electrons. The third-order valence-corrected chi connectivity index (χ3v) is 6.85. The number of carbonyl (C=O) groups excluding carboxylic acids is 2. The maximum absolute atomic E-state index is 13.3. The number of carbonyl (C=O) groups is 2. The molecule has 0 bridgehead atoms. The molecule has 45 heavy (non-hydrogen) atoms. The minimum Gasteiger partial charge on any atom is -0.497 e. The van der Waals surface area contributed by atoms with Gasteiger partial charge in [0.2, 0.25) is 0 Å². The van der Waals surface area contributed by atoms with Gasteiger partial charge in [-0.15, -0.1) is 0 Å². The molecule has 0 aliphatic heterocycles. The van der Waals surface area contributed by atoms with E-state index in [1.165, 1.54) is 7.11 Å². The lowest BCUT2D eigenvalue weighted by Crippen LogP contribution is -2.21. The fourth-order valence-corrected chi connectivity index (χ4v) is 4.67. The number of anilines is 3. The predicted octanol–water partition coefficient (Wildman–Crippen LogP) is 5.97. The van der Waals surface area contributed by atoms with Gasteiger partial charge >= 0.3 is 6.03 Å². The quantitative estimate of drug-likeness (QED) is 0.148. The van der Waals surface area contributed by atoms with E-state index in [0.29, 0.717) is 34.0 Å². The molecule has 12 nitrogen and oxygen atoms in total. The third kappa shape index (κ3) is 7.92. The van der Waals surface area contributed by atoms with Crippen LogP contribution in [0.4, 0.5) is 22.1 Å². The van der Waals surface area contributed by atoms with Crippen LogP contribution in [0.15, 0.2) is 79.1 Å². The van der Waals surface area contributed by atoms with Gasteiger partial charge in [-0.25, -0.2) is 14.5 Å². The Morgan fingerprint density at radius 2 is 1.76 bits per heavy atom. The van der Waals surface area contributed by atoms with Crippen LogP contribution in [0, 0.1) is 0 Å². The first kappa shape index (κ1) is 31.0. The highest BCUT2D eigenvalue weighted by molar-refractivity contribution is 6.06. The van der Waals surface area contributed by atoms with E-state index in [1.807, 2.05) is 36.4 Å². The number of ether oxygens (including phenoxy) is 3. The molecule has 0 spiro atoms. The van der Waals surface area contributed by atoms with E-state index in [2.05, 4.69) is 32.8 Å². The van der Waals surface area contributed by atoms with Crippen LogP contribution in [0.3, 0.4) is 0 Å². The van der Waals surface area contributed by atoms with E-state index in [4.69, 9.17) is 19.3 Å². The molecule has 5 aromatic rings. The van der Waals surface area contributed by atoms with Crippen LogP contribution in [-0.2, 0) is 22.6 Å². The summed E-state index contributed by atoms with van der Waals surface area (Å²) in [6.45, 7) is 2.28. The van der Waals surface area contributed by atoms with E-state index >= 15 is 0 Å². The summed E-state index contributed by atoms with van der Waals surface area (Å²) >= 11 is 0. The van der Waals surface area contributed by atoms with E-state index in [-0.39, 0.29) is 19.1 Å². The molecular formula is C33H35N7O5. The summed E-state index contributed by atoms with van der Waals surface area (Å²) in [7, 11) is 3.07. The normalized spacial score (nSPS) is 10.8. The van der Waals surface area contributed by atoms with E-state index in [0.717, 1.165) is 42.0 Å². The summed E-state index contributed by atoms with van der Waals surface area (Å²) in [5.41, 5.74) is 3.64. The van der Waals surface area contributed by atoms with Crippen molar-refractivity contribution < 1.29 is 23.8 Å². The Morgan fingerprint density at radius 1 is 0.911 bits per heavy atom. The summed E-state index contributed by atoms with van der Waals surface area (Å²) in [5, 5.41) is 14.0. The smallest absolute Gasteiger partial charge is 0.324 e. The highest BCUT2D eigenvalue weighted by atomic mass is 16.5. The van der Waals surface area contributed by atoms with Crippen LogP contribution in [-0.4, -0.2) is 52.5 Å². The van der Waals surface area contributed by atoms with Crippen LogP contribution in [0.1, 0.15) is 31.0 Å². The molecule has 232 valence electrons. The van der Waals surface area contributed by atoms with E-state index < -0.39 is 6.03 Å². The van der Waals surface area contributed by atoms with Crippen molar-refractivity contribution in [2.24, 2.45) is 0 Å². The molecule has 0 aliphatic rings. The molecule has 0 saturated heterocycles. The third-order valence-electron chi connectivity index (χ3n) is 6.85. The van der Waals surface area contributed by atoms with Crippen LogP contribution >= 0.6 is 0 Å². The first-order chi connectivity index (χ1) is 22.0. The average molecular weight is 610 g/mol. The van der Waals surface area contributed by atoms with Crippen molar-refractivity contribution in [3.05, 3.63) is 90.4 Å². The Hall–Kier alpha value is -5.49. The Balaban J connectivity index is 1.32. The van der Waals surface area contributed by atoms with Crippen molar-refractivity contribution >= 4 is 40.2 Å². The highest BCUT2D eigenvalue weighted by Gasteiger charge is 2.15. The number of aromatic nitrogens is 4. The van der Waals surface area contributed by atoms with Gasteiger partial charge in [0.1, 0.15) is 41.9 Å². The van der Waals surface area contributed by atoms with Gasteiger partial charge < -0.3 is 24.8 Å². The van der Waals surface area contributed by atoms with Gasteiger partial charge in [-0.3, -0.25) is 15.1 Å². The monoisotopic (exact) mass is 609 g/mol. The zero-order chi connectivity index (χ0) is 31.6. The Morgan fingerprint density at radius 3 is 2.53 bits per heavy atom. The minimum atomic E-state index is -0.426. The SMILES string of the molecule is CCCCc1cc(NC(=O)Nc2ccc(OCc3ccnc(NC(=O)COC)c3)c3ncccc23)n(-c2ccc(OC)cc2)n1. The fourth-order valence-electron chi connectivity index (χ4n) is 4.67. The number of hydrogen-bond acceptors (Lipinski definition) is 8. The number of amides is 3. The van der Waals surface area contributed by atoms with Crippen LogP contribution in [0.5, 0.6) is 11.5 Å². The topological polar surface area (TPSA) is 142 Å². The number of methoxy groups -OCH3 is 2. The van der Waals surface area contributed by atoms with Gasteiger partial charge in [-0.05, 0) is 79.1 Å². The summed E-state index contributed by atoms with van der Waals surface area (Å²) < 4.78 is 18.0. The summed E-state index contributed by atoms with van der Waals surface area (Å²) in [4.78, 5) is 33.8. The van der Waals surface area contributed by atoms with Crippen molar-refractivity contribution in [1.29, 1.82) is 0 Å². The van der Waals surface area contributed by atoms with Gasteiger partial charge in [0, 0.05) is 31.0 Å². The number of urea groups is 1. The first-order valence-electron chi connectivity index (χ1n) is 14.5. The Kier molecular flexibility index (Phi) is 10.2. The molecule has 3 aromatic heterocycles. The van der Waals surface area contributed by atoms with Crippen molar-refractivity contribution in [2.45, 2.75) is 32.8 Å². The Bertz CT molecular complexity index is 1770. The average Bonchev–Trinajstić information content (AvgIpc) is 3.45. The molecule has 0 atom stereocenters. The minimum absolute atomic E-state index is 0.0647. The number of benzene rings is 2. The zero-order valence-electron chi connectivity index (χ0n) is 25.4. The number of unbranched alkanes of at least 4 members (excludes halogenated alkanes) is 1. The second kappa shape index (κ2) is 14.8. The van der Waals surface area contributed by atoms with Gasteiger partial charge in [-0.1, -0.05) is 13.3 Å². The van der Waals surface area contributed by atoms with Crippen molar-refractivity contribution in [1.82, 2.24) is 19.7 Å². The molecule has 3 amide bonds. The maximum Gasteiger partial charge on any atom is 0.324 e. The standard InChI is InChI=1S/C33H35N7O5/c1-4-5-7-23-19-30(40(39-23)24-9-11-25(44-3)12-10-24)38-33(42)36-27-13-14-28(32-26(27)8-6-16-35-32)45-20-22-15-17-34-29(18-22)37-31(41)21-43-2/h6,8-19H,4-5,7,20-21H2,1-3H3,(H,34,37,41)(H2,36,38,42). The molecule has 2 aromatic carbocycles.